The minimum absolute atomic E-state index is 0.0273. The minimum Gasteiger partial charge on any atom is -0.484 e. The number of carbonyl (C=O) groups excluding carboxylic acids is 1. The Morgan fingerprint density at radius 2 is 1.95 bits per heavy atom. The first-order valence-electron chi connectivity index (χ1n) is 6.46. The SMILES string of the molecule is CCC(CC)NC(=O)COc1cccc(C(F)(F)F)c1. The van der Waals surface area contributed by atoms with Crippen LogP contribution in [0.5, 0.6) is 5.75 Å². The lowest BCUT2D eigenvalue weighted by molar-refractivity contribution is -0.137. The van der Waals surface area contributed by atoms with E-state index in [2.05, 4.69) is 5.32 Å². The van der Waals surface area contributed by atoms with Gasteiger partial charge in [0.15, 0.2) is 6.61 Å². The molecule has 0 bridgehead atoms. The number of hydrogen-bond donors (Lipinski definition) is 1. The lowest BCUT2D eigenvalue weighted by atomic mass is 10.2. The molecular formula is C14H18F3NO2. The van der Waals surface area contributed by atoms with E-state index in [9.17, 15) is 18.0 Å². The van der Waals surface area contributed by atoms with Crippen molar-refractivity contribution in [2.75, 3.05) is 6.61 Å². The zero-order valence-electron chi connectivity index (χ0n) is 11.5. The molecule has 1 aromatic rings. The largest absolute Gasteiger partial charge is 0.484 e. The predicted molar refractivity (Wildman–Crippen MR) is 69.5 cm³/mol. The molecule has 0 aliphatic heterocycles. The van der Waals surface area contributed by atoms with Crippen LogP contribution in [0.3, 0.4) is 0 Å². The molecule has 1 aromatic carbocycles. The van der Waals surface area contributed by atoms with E-state index in [-0.39, 0.29) is 24.3 Å². The standard InChI is InChI=1S/C14H18F3NO2/c1-3-11(4-2)18-13(19)9-20-12-7-5-6-10(8-12)14(15,16)17/h5-8,11H,3-4,9H2,1-2H3,(H,18,19). The van der Waals surface area contributed by atoms with Crippen molar-refractivity contribution < 1.29 is 22.7 Å². The van der Waals surface area contributed by atoms with Gasteiger partial charge in [-0.05, 0) is 31.0 Å². The van der Waals surface area contributed by atoms with Crippen LogP contribution in [0, 0.1) is 0 Å². The van der Waals surface area contributed by atoms with E-state index < -0.39 is 11.7 Å². The molecule has 112 valence electrons. The second-order valence-electron chi connectivity index (χ2n) is 4.40. The number of halogens is 3. The number of rotatable bonds is 6. The average molecular weight is 289 g/mol. The predicted octanol–water partition coefficient (Wildman–Crippen LogP) is 3.39. The van der Waals surface area contributed by atoms with Crippen LogP contribution < -0.4 is 10.1 Å². The molecule has 0 spiro atoms. The molecule has 0 heterocycles. The Morgan fingerprint density at radius 3 is 2.50 bits per heavy atom. The van der Waals surface area contributed by atoms with Gasteiger partial charge in [0, 0.05) is 6.04 Å². The molecule has 0 saturated heterocycles. The Hall–Kier alpha value is -1.72. The van der Waals surface area contributed by atoms with E-state index in [1.54, 1.807) is 0 Å². The van der Waals surface area contributed by atoms with E-state index in [1.165, 1.54) is 12.1 Å². The van der Waals surface area contributed by atoms with Crippen LogP contribution in [0.2, 0.25) is 0 Å². The van der Waals surface area contributed by atoms with Crippen LogP contribution in [0.15, 0.2) is 24.3 Å². The topological polar surface area (TPSA) is 38.3 Å². The molecule has 1 amide bonds. The molecule has 3 nitrogen and oxygen atoms in total. The summed E-state index contributed by atoms with van der Waals surface area (Å²) in [6, 6.07) is 4.53. The summed E-state index contributed by atoms with van der Waals surface area (Å²) in [5.74, 6) is -0.310. The number of ether oxygens (including phenoxy) is 1. The highest BCUT2D eigenvalue weighted by Gasteiger charge is 2.30. The molecule has 0 atom stereocenters. The molecule has 1 rings (SSSR count). The summed E-state index contributed by atoms with van der Waals surface area (Å²) in [7, 11) is 0. The first-order valence-corrected chi connectivity index (χ1v) is 6.46. The van der Waals surface area contributed by atoms with Crippen LogP contribution in [-0.2, 0) is 11.0 Å². The minimum atomic E-state index is -4.42. The van der Waals surface area contributed by atoms with Gasteiger partial charge < -0.3 is 10.1 Å². The van der Waals surface area contributed by atoms with Gasteiger partial charge >= 0.3 is 6.18 Å². The maximum Gasteiger partial charge on any atom is 0.416 e. The van der Waals surface area contributed by atoms with Crippen LogP contribution in [0.1, 0.15) is 32.3 Å². The van der Waals surface area contributed by atoms with Crippen molar-refractivity contribution in [1.82, 2.24) is 5.32 Å². The number of carbonyl (C=O) groups is 1. The van der Waals surface area contributed by atoms with Crippen molar-refractivity contribution in [3.8, 4) is 5.75 Å². The van der Waals surface area contributed by atoms with Crippen molar-refractivity contribution >= 4 is 5.91 Å². The van der Waals surface area contributed by atoms with Crippen molar-refractivity contribution in [3.63, 3.8) is 0 Å². The van der Waals surface area contributed by atoms with Gasteiger partial charge in [-0.2, -0.15) is 13.2 Å². The maximum absolute atomic E-state index is 12.5. The summed E-state index contributed by atoms with van der Waals surface area (Å²) in [6.07, 6.45) is -2.82. The Morgan fingerprint density at radius 1 is 1.30 bits per heavy atom. The number of hydrogen-bond acceptors (Lipinski definition) is 2. The highest BCUT2D eigenvalue weighted by molar-refractivity contribution is 5.77. The lowest BCUT2D eigenvalue weighted by Crippen LogP contribution is -2.37. The van der Waals surface area contributed by atoms with Crippen LogP contribution in [0.25, 0.3) is 0 Å². The van der Waals surface area contributed by atoms with Crippen molar-refractivity contribution in [2.45, 2.75) is 38.9 Å². The third-order valence-corrected chi connectivity index (χ3v) is 2.88. The Labute approximate surface area is 116 Å². The summed E-state index contributed by atoms with van der Waals surface area (Å²) in [5, 5.41) is 2.75. The van der Waals surface area contributed by atoms with E-state index in [4.69, 9.17) is 4.74 Å². The van der Waals surface area contributed by atoms with E-state index >= 15 is 0 Å². The normalized spacial score (nSPS) is 11.5. The quantitative estimate of drug-likeness (QED) is 0.871. The summed E-state index contributed by atoms with van der Waals surface area (Å²) in [6.45, 7) is 3.60. The summed E-state index contributed by atoms with van der Waals surface area (Å²) in [5.41, 5.74) is -0.796. The van der Waals surface area contributed by atoms with Crippen molar-refractivity contribution in [3.05, 3.63) is 29.8 Å². The van der Waals surface area contributed by atoms with Gasteiger partial charge in [0.1, 0.15) is 5.75 Å². The van der Waals surface area contributed by atoms with Gasteiger partial charge in [-0.25, -0.2) is 0 Å². The van der Waals surface area contributed by atoms with Crippen LogP contribution >= 0.6 is 0 Å². The lowest BCUT2D eigenvalue weighted by Gasteiger charge is -2.15. The second kappa shape index (κ2) is 7.17. The Balaban J connectivity index is 2.56. The molecule has 0 saturated carbocycles. The summed E-state index contributed by atoms with van der Waals surface area (Å²) >= 11 is 0. The van der Waals surface area contributed by atoms with Crippen molar-refractivity contribution in [2.24, 2.45) is 0 Å². The number of amides is 1. The fraction of sp³-hybridized carbons (Fsp3) is 0.500. The summed E-state index contributed by atoms with van der Waals surface area (Å²) in [4.78, 5) is 11.6. The highest BCUT2D eigenvalue weighted by Crippen LogP contribution is 2.31. The first-order chi connectivity index (χ1) is 9.36. The van der Waals surface area contributed by atoms with Gasteiger partial charge in [-0.1, -0.05) is 19.9 Å². The molecule has 1 N–H and O–H groups in total. The second-order valence-corrected chi connectivity index (χ2v) is 4.40. The molecule has 0 aromatic heterocycles. The molecule has 6 heteroatoms. The monoisotopic (exact) mass is 289 g/mol. The number of nitrogens with one attached hydrogen (secondary N) is 1. The van der Waals surface area contributed by atoms with Gasteiger partial charge in [-0.3, -0.25) is 4.79 Å². The molecule has 0 fully saturated rings. The average Bonchev–Trinajstić information content (AvgIpc) is 2.42. The van der Waals surface area contributed by atoms with Gasteiger partial charge in [0.25, 0.3) is 5.91 Å². The van der Waals surface area contributed by atoms with E-state index in [0.29, 0.717) is 0 Å². The highest BCUT2D eigenvalue weighted by atomic mass is 19.4. The Kier molecular flexibility index (Phi) is 5.85. The molecule has 0 radical (unpaired) electrons. The Bertz CT molecular complexity index is 442. The fourth-order valence-corrected chi connectivity index (χ4v) is 1.67. The molecule has 0 aliphatic carbocycles. The third-order valence-electron chi connectivity index (χ3n) is 2.88. The number of alkyl halides is 3. The molecular weight excluding hydrogens is 271 g/mol. The zero-order valence-corrected chi connectivity index (χ0v) is 11.5. The maximum atomic E-state index is 12.5. The smallest absolute Gasteiger partial charge is 0.416 e. The molecule has 0 aliphatic rings. The number of benzene rings is 1. The zero-order chi connectivity index (χ0) is 15.2. The van der Waals surface area contributed by atoms with Gasteiger partial charge in [0.05, 0.1) is 5.56 Å². The van der Waals surface area contributed by atoms with E-state index in [1.807, 2.05) is 13.8 Å². The van der Waals surface area contributed by atoms with Crippen LogP contribution in [0.4, 0.5) is 13.2 Å². The summed E-state index contributed by atoms with van der Waals surface area (Å²) < 4.78 is 42.6. The van der Waals surface area contributed by atoms with Crippen LogP contribution in [-0.4, -0.2) is 18.6 Å². The first kappa shape index (κ1) is 16.3. The molecule has 20 heavy (non-hydrogen) atoms. The van der Waals surface area contributed by atoms with Gasteiger partial charge in [0.2, 0.25) is 0 Å². The third kappa shape index (κ3) is 5.11. The van der Waals surface area contributed by atoms with Gasteiger partial charge in [-0.15, -0.1) is 0 Å². The van der Waals surface area contributed by atoms with E-state index in [0.717, 1.165) is 25.0 Å². The fourth-order valence-electron chi connectivity index (χ4n) is 1.67. The molecule has 0 unspecified atom stereocenters. The van der Waals surface area contributed by atoms with Crippen molar-refractivity contribution in [1.29, 1.82) is 0 Å².